The normalized spacial score (nSPS) is 16.0. The fraction of sp³-hybridized carbons (Fsp3) is 0.471. The molecule has 0 spiro atoms. The lowest BCUT2D eigenvalue weighted by molar-refractivity contribution is 0.0504. The van der Waals surface area contributed by atoms with E-state index in [2.05, 4.69) is 15.5 Å². The monoisotopic (exact) mass is 315 g/mol. The van der Waals surface area contributed by atoms with Crippen LogP contribution in [-0.2, 0) is 4.74 Å². The number of nitrogens with one attached hydrogen (secondary N) is 1. The predicted molar refractivity (Wildman–Crippen MR) is 83.9 cm³/mol. The maximum Gasteiger partial charge on any atom is 0.408 e. The molecule has 1 unspecified atom stereocenters. The molecule has 0 radical (unpaired) electrons. The van der Waals surface area contributed by atoms with E-state index in [0.29, 0.717) is 17.6 Å². The largest absolute Gasteiger partial charge is 0.444 e. The zero-order valence-corrected chi connectivity index (χ0v) is 13.6. The Labute approximate surface area is 135 Å². The maximum absolute atomic E-state index is 12.1. The molecule has 1 heterocycles. The van der Waals surface area contributed by atoms with Crippen LogP contribution in [0.1, 0.15) is 62.9 Å². The van der Waals surface area contributed by atoms with Crippen LogP contribution in [0.15, 0.2) is 34.9 Å². The Kier molecular flexibility index (Phi) is 4.07. The van der Waals surface area contributed by atoms with Crippen LogP contribution in [0.3, 0.4) is 0 Å². The number of hydrogen-bond acceptors (Lipinski definition) is 5. The molecular formula is C17H21N3O3. The molecule has 2 aromatic rings. The van der Waals surface area contributed by atoms with Crippen molar-refractivity contribution in [1.29, 1.82) is 0 Å². The quantitative estimate of drug-likeness (QED) is 0.933. The molecule has 3 rings (SSSR count). The van der Waals surface area contributed by atoms with Crippen molar-refractivity contribution >= 4 is 6.09 Å². The second kappa shape index (κ2) is 6.02. The van der Waals surface area contributed by atoms with Gasteiger partial charge in [-0.3, -0.25) is 0 Å². The Balaban J connectivity index is 1.82. The van der Waals surface area contributed by atoms with Crippen LogP contribution in [0, 0.1) is 0 Å². The van der Waals surface area contributed by atoms with Crippen LogP contribution in [-0.4, -0.2) is 21.8 Å². The summed E-state index contributed by atoms with van der Waals surface area (Å²) in [5.74, 6) is 1.49. The van der Waals surface area contributed by atoms with Crippen LogP contribution < -0.4 is 5.32 Å². The number of ether oxygens (including phenoxy) is 1. The first-order valence-electron chi connectivity index (χ1n) is 7.80. The number of nitrogens with zero attached hydrogens (tertiary/aromatic N) is 2. The van der Waals surface area contributed by atoms with Crippen molar-refractivity contribution in [3.05, 3.63) is 47.6 Å². The lowest BCUT2D eigenvalue weighted by atomic mass is 10.1. The Hall–Kier alpha value is -2.37. The average Bonchev–Trinajstić information content (AvgIpc) is 3.22. The lowest BCUT2D eigenvalue weighted by Crippen LogP contribution is -2.35. The van der Waals surface area contributed by atoms with Crippen molar-refractivity contribution in [3.8, 4) is 0 Å². The van der Waals surface area contributed by atoms with Crippen LogP contribution in [0.4, 0.5) is 4.79 Å². The Bertz CT molecular complexity index is 672. The standard InChI is InChI=1S/C17H21N3O3/c1-17(2,3)22-16(21)18-13(11-7-5-4-6-8-11)15-19-14(20-23-15)12-9-10-12/h4-8,12-13H,9-10H2,1-3H3,(H,18,21). The fourth-order valence-corrected chi connectivity index (χ4v) is 2.23. The molecular weight excluding hydrogens is 294 g/mol. The van der Waals surface area contributed by atoms with Crippen LogP contribution >= 0.6 is 0 Å². The molecule has 1 saturated carbocycles. The van der Waals surface area contributed by atoms with Crippen molar-refractivity contribution in [2.24, 2.45) is 0 Å². The van der Waals surface area contributed by atoms with E-state index in [1.54, 1.807) is 0 Å². The first-order valence-corrected chi connectivity index (χ1v) is 7.80. The molecule has 1 atom stereocenters. The van der Waals surface area contributed by atoms with E-state index < -0.39 is 17.7 Å². The smallest absolute Gasteiger partial charge is 0.408 e. The number of hydrogen-bond donors (Lipinski definition) is 1. The van der Waals surface area contributed by atoms with Crippen LogP contribution in [0.2, 0.25) is 0 Å². The summed E-state index contributed by atoms with van der Waals surface area (Å²) in [5.41, 5.74) is 0.295. The summed E-state index contributed by atoms with van der Waals surface area (Å²) in [6.07, 6.45) is 1.67. The molecule has 1 aromatic heterocycles. The van der Waals surface area contributed by atoms with Crippen molar-refractivity contribution in [1.82, 2.24) is 15.5 Å². The van der Waals surface area contributed by atoms with Gasteiger partial charge in [0, 0.05) is 5.92 Å². The van der Waals surface area contributed by atoms with Gasteiger partial charge in [0.05, 0.1) is 0 Å². The van der Waals surface area contributed by atoms with Gasteiger partial charge in [-0.1, -0.05) is 35.5 Å². The minimum absolute atomic E-state index is 0.379. The number of alkyl carbamates (subject to hydrolysis) is 1. The molecule has 1 aromatic carbocycles. The minimum atomic E-state index is -0.570. The second-order valence-electron chi connectivity index (χ2n) is 6.76. The molecule has 1 N–H and O–H groups in total. The highest BCUT2D eigenvalue weighted by molar-refractivity contribution is 5.68. The maximum atomic E-state index is 12.1. The number of aromatic nitrogens is 2. The van der Waals surface area contributed by atoms with Crippen molar-refractivity contribution < 1.29 is 14.1 Å². The SMILES string of the molecule is CC(C)(C)OC(=O)NC(c1ccccc1)c1nc(C2CC2)no1. The highest BCUT2D eigenvalue weighted by Gasteiger charge is 2.31. The number of amides is 1. The summed E-state index contributed by atoms with van der Waals surface area (Å²) >= 11 is 0. The number of carbonyl (C=O) groups excluding carboxylic acids is 1. The van der Waals surface area contributed by atoms with Gasteiger partial charge < -0.3 is 14.6 Å². The topological polar surface area (TPSA) is 77.2 Å². The van der Waals surface area contributed by atoms with Crippen molar-refractivity contribution in [2.75, 3.05) is 0 Å². The second-order valence-corrected chi connectivity index (χ2v) is 6.76. The first kappa shape index (κ1) is 15.5. The molecule has 0 bridgehead atoms. The molecule has 0 saturated heterocycles. The summed E-state index contributed by atoms with van der Waals surface area (Å²) in [6.45, 7) is 5.46. The molecule has 6 heteroatoms. The third-order valence-electron chi connectivity index (χ3n) is 3.44. The third-order valence-corrected chi connectivity index (χ3v) is 3.44. The van der Waals surface area contributed by atoms with E-state index >= 15 is 0 Å². The summed E-state index contributed by atoms with van der Waals surface area (Å²) in [4.78, 5) is 16.6. The van der Waals surface area contributed by atoms with Crippen molar-refractivity contribution in [3.63, 3.8) is 0 Å². The summed E-state index contributed by atoms with van der Waals surface area (Å²) < 4.78 is 10.7. The van der Waals surface area contributed by atoms with E-state index in [0.717, 1.165) is 18.4 Å². The average molecular weight is 315 g/mol. The number of rotatable bonds is 4. The molecule has 1 aliphatic carbocycles. The van der Waals surface area contributed by atoms with E-state index in [1.807, 2.05) is 51.1 Å². The molecule has 0 aliphatic heterocycles. The molecule has 6 nitrogen and oxygen atoms in total. The van der Waals surface area contributed by atoms with Gasteiger partial charge in [0.25, 0.3) is 5.89 Å². The van der Waals surface area contributed by atoms with Gasteiger partial charge in [0.15, 0.2) is 5.82 Å². The minimum Gasteiger partial charge on any atom is -0.444 e. The molecule has 122 valence electrons. The zero-order chi connectivity index (χ0) is 16.4. The summed E-state index contributed by atoms with van der Waals surface area (Å²) in [5, 5.41) is 6.85. The molecule has 23 heavy (non-hydrogen) atoms. The Morgan fingerprint density at radius 2 is 2.00 bits per heavy atom. The van der Waals surface area contributed by atoms with E-state index in [9.17, 15) is 4.79 Å². The van der Waals surface area contributed by atoms with Crippen LogP contribution in [0.25, 0.3) is 0 Å². The lowest BCUT2D eigenvalue weighted by Gasteiger charge is -2.22. The fourth-order valence-electron chi connectivity index (χ4n) is 2.23. The van der Waals surface area contributed by atoms with Gasteiger partial charge in [-0.05, 0) is 39.2 Å². The van der Waals surface area contributed by atoms with Gasteiger partial charge in [0.1, 0.15) is 11.6 Å². The summed E-state index contributed by atoms with van der Waals surface area (Å²) in [7, 11) is 0. The Morgan fingerprint density at radius 1 is 1.30 bits per heavy atom. The molecule has 1 fully saturated rings. The number of carbonyl (C=O) groups is 1. The van der Waals surface area contributed by atoms with Gasteiger partial charge >= 0.3 is 6.09 Å². The van der Waals surface area contributed by atoms with Crippen molar-refractivity contribution in [2.45, 2.75) is 51.2 Å². The van der Waals surface area contributed by atoms with Crippen LogP contribution in [0.5, 0.6) is 0 Å². The van der Waals surface area contributed by atoms with E-state index in [1.165, 1.54) is 0 Å². The Morgan fingerprint density at radius 3 is 2.61 bits per heavy atom. The highest BCUT2D eigenvalue weighted by Crippen LogP contribution is 2.38. The summed E-state index contributed by atoms with van der Waals surface area (Å²) in [6, 6.07) is 9.00. The molecule has 1 aliphatic rings. The van der Waals surface area contributed by atoms with E-state index in [4.69, 9.17) is 9.26 Å². The van der Waals surface area contributed by atoms with Gasteiger partial charge in [-0.25, -0.2) is 4.79 Å². The first-order chi connectivity index (χ1) is 10.9. The van der Waals surface area contributed by atoms with Gasteiger partial charge in [-0.2, -0.15) is 4.98 Å². The highest BCUT2D eigenvalue weighted by atomic mass is 16.6. The van der Waals surface area contributed by atoms with Gasteiger partial charge in [0.2, 0.25) is 0 Å². The third kappa shape index (κ3) is 4.09. The zero-order valence-electron chi connectivity index (χ0n) is 13.6. The molecule has 1 amide bonds. The predicted octanol–water partition coefficient (Wildman–Crippen LogP) is 3.56. The van der Waals surface area contributed by atoms with E-state index in [-0.39, 0.29) is 0 Å². The number of benzene rings is 1. The van der Waals surface area contributed by atoms with Gasteiger partial charge in [-0.15, -0.1) is 0 Å².